The lowest BCUT2D eigenvalue weighted by molar-refractivity contribution is -0.332. The van der Waals surface area contributed by atoms with E-state index >= 15 is 0 Å². The maximum Gasteiger partial charge on any atom is 0.306 e. The number of unbranched alkanes of at least 4 members (excludes halogenated alkanes) is 25. The van der Waals surface area contributed by atoms with Crippen LogP contribution in [0.25, 0.3) is 0 Å². The zero-order valence-electron chi connectivity index (χ0n) is 43.1. The maximum absolute atomic E-state index is 13.0. The van der Waals surface area contributed by atoms with Crippen LogP contribution < -0.4 is 0 Å². The summed E-state index contributed by atoms with van der Waals surface area (Å²) in [4.78, 5) is 25.8. The first-order chi connectivity index (χ1) is 34.0. The van der Waals surface area contributed by atoms with E-state index in [4.69, 9.17) is 28.4 Å². The topological polar surface area (TPSA) is 231 Å². The highest BCUT2D eigenvalue weighted by atomic mass is 16.7. The maximum atomic E-state index is 13.0. The molecule has 0 bridgehead atoms. The Morgan fingerprint density at radius 3 is 1.43 bits per heavy atom. The molecule has 0 radical (unpaired) electrons. The fraction of sp³-hybridized carbons (Fsp3) is 0.855. The molecule has 2 saturated heterocycles. The molecule has 11 atom stereocenters. The molecule has 2 aliphatic heterocycles. The molecule has 15 heteroatoms. The van der Waals surface area contributed by atoms with Crippen LogP contribution in [0.15, 0.2) is 37.0 Å². The van der Waals surface area contributed by atoms with E-state index in [0.29, 0.717) is 12.8 Å². The standard InChI is InChI=1S/C55H98O15/c1-3-5-7-9-11-13-15-17-19-20-21-22-24-25-27-29-31-33-35-37-46(57)65-40-43(68-47(58)38-36-34-32-30-28-26-23-18-16-14-12-10-8-6-4-2)41-66-54-53(64)51(62)49(60)45(70-54)42-67-55-52(63)50(61)48(59)44(39-56)69-55/h4,11,13,17,19,43-45,48-56,59-64H,2-3,5-10,12,14-16,18,20-42H2,1H3/b13-11+,19-17+/t43-,44+,45+,48-,49-,50?,51?,52?,53?,54+,55+/m0/s1. The highest BCUT2D eigenvalue weighted by molar-refractivity contribution is 5.70. The van der Waals surface area contributed by atoms with Crippen LogP contribution in [0.5, 0.6) is 0 Å². The van der Waals surface area contributed by atoms with E-state index in [2.05, 4.69) is 37.8 Å². The summed E-state index contributed by atoms with van der Waals surface area (Å²) in [5.41, 5.74) is 0. The van der Waals surface area contributed by atoms with Gasteiger partial charge in [0, 0.05) is 12.8 Å². The largest absolute Gasteiger partial charge is 0.462 e. The van der Waals surface area contributed by atoms with Crippen LogP contribution in [0, 0.1) is 0 Å². The van der Waals surface area contributed by atoms with Gasteiger partial charge in [-0.05, 0) is 57.8 Å². The van der Waals surface area contributed by atoms with Gasteiger partial charge in [-0.25, -0.2) is 0 Å². The van der Waals surface area contributed by atoms with E-state index in [0.717, 1.165) is 57.8 Å². The number of carbonyl (C=O) groups excluding carboxylic acids is 2. The van der Waals surface area contributed by atoms with Crippen molar-refractivity contribution in [1.29, 1.82) is 0 Å². The van der Waals surface area contributed by atoms with Gasteiger partial charge < -0.3 is 64.2 Å². The second-order valence-corrected chi connectivity index (χ2v) is 19.5. The molecule has 2 aliphatic rings. The van der Waals surface area contributed by atoms with Crippen molar-refractivity contribution in [2.75, 3.05) is 26.4 Å². The number of aliphatic hydroxyl groups is 7. The van der Waals surface area contributed by atoms with E-state index in [1.165, 1.54) is 116 Å². The van der Waals surface area contributed by atoms with Crippen LogP contribution in [0.4, 0.5) is 0 Å². The fourth-order valence-corrected chi connectivity index (χ4v) is 8.70. The van der Waals surface area contributed by atoms with Gasteiger partial charge >= 0.3 is 11.9 Å². The Morgan fingerprint density at radius 1 is 0.500 bits per heavy atom. The van der Waals surface area contributed by atoms with Gasteiger partial charge in [0.2, 0.25) is 0 Å². The van der Waals surface area contributed by atoms with Gasteiger partial charge in [-0.15, -0.1) is 6.58 Å². The smallest absolute Gasteiger partial charge is 0.306 e. The minimum Gasteiger partial charge on any atom is -0.462 e. The summed E-state index contributed by atoms with van der Waals surface area (Å²) in [6, 6.07) is 0. The number of carbonyl (C=O) groups is 2. The van der Waals surface area contributed by atoms with E-state index in [-0.39, 0.29) is 26.1 Å². The van der Waals surface area contributed by atoms with Gasteiger partial charge in [0.15, 0.2) is 18.7 Å². The highest BCUT2D eigenvalue weighted by Gasteiger charge is 2.47. The van der Waals surface area contributed by atoms with Crippen molar-refractivity contribution < 1.29 is 73.8 Å². The number of allylic oxidation sites excluding steroid dienone is 5. The van der Waals surface area contributed by atoms with Crippen molar-refractivity contribution in [1.82, 2.24) is 0 Å². The molecule has 2 rings (SSSR count). The molecule has 0 aliphatic carbocycles. The SMILES string of the molecule is C=CCCCCCCCCCCCCCCCC(=O)O[C@@H](COC(=O)CCCCCCCCCCC/C=C/C/C=C/CCCCC)CO[C@@H]1O[C@H](CO[C@@H]2O[C@H](CO)[C@H](O)C(O)C2O)[C@H](O)C(O)C1O. The molecule has 2 heterocycles. The summed E-state index contributed by atoms with van der Waals surface area (Å²) in [6.07, 6.45) is 27.7. The Labute approximate surface area is 421 Å². The molecule has 2 fully saturated rings. The van der Waals surface area contributed by atoms with Crippen molar-refractivity contribution in [2.45, 2.75) is 273 Å². The van der Waals surface area contributed by atoms with Crippen molar-refractivity contribution in [3.63, 3.8) is 0 Å². The highest BCUT2D eigenvalue weighted by Crippen LogP contribution is 2.27. The Hall–Kier alpha value is -2.28. The molecule has 0 aromatic rings. The predicted molar refractivity (Wildman–Crippen MR) is 270 cm³/mol. The fourth-order valence-electron chi connectivity index (χ4n) is 8.70. The second kappa shape index (κ2) is 42.1. The lowest BCUT2D eigenvalue weighted by Gasteiger charge is -2.42. The lowest BCUT2D eigenvalue weighted by atomic mass is 9.98. The zero-order valence-corrected chi connectivity index (χ0v) is 43.1. The number of esters is 2. The van der Waals surface area contributed by atoms with Crippen molar-refractivity contribution in [2.24, 2.45) is 0 Å². The molecule has 7 N–H and O–H groups in total. The van der Waals surface area contributed by atoms with Gasteiger partial charge in [-0.2, -0.15) is 0 Å². The van der Waals surface area contributed by atoms with E-state index in [1.807, 2.05) is 6.08 Å². The summed E-state index contributed by atoms with van der Waals surface area (Å²) in [7, 11) is 0. The summed E-state index contributed by atoms with van der Waals surface area (Å²) in [5, 5.41) is 72.2. The third-order valence-corrected chi connectivity index (χ3v) is 13.2. The van der Waals surface area contributed by atoms with Gasteiger partial charge in [0.25, 0.3) is 0 Å². The molecule has 408 valence electrons. The van der Waals surface area contributed by atoms with Crippen LogP contribution in [0.1, 0.15) is 206 Å². The molecular weight excluding hydrogens is 901 g/mol. The number of aliphatic hydroxyl groups excluding tert-OH is 7. The van der Waals surface area contributed by atoms with E-state index in [9.17, 15) is 45.3 Å². The molecule has 0 amide bonds. The number of ether oxygens (including phenoxy) is 6. The quantitative estimate of drug-likeness (QED) is 0.0172. The minimum atomic E-state index is -1.77. The van der Waals surface area contributed by atoms with Crippen LogP contribution in [-0.2, 0) is 38.0 Å². The minimum absolute atomic E-state index is 0.163. The predicted octanol–water partition coefficient (Wildman–Crippen LogP) is 8.49. The van der Waals surface area contributed by atoms with Crippen molar-refractivity contribution in [3.05, 3.63) is 37.0 Å². The van der Waals surface area contributed by atoms with Crippen LogP contribution >= 0.6 is 0 Å². The van der Waals surface area contributed by atoms with E-state index in [1.54, 1.807) is 0 Å². The summed E-state index contributed by atoms with van der Waals surface area (Å²) in [5.74, 6) is -0.927. The van der Waals surface area contributed by atoms with Crippen LogP contribution in [0.2, 0.25) is 0 Å². The Morgan fingerprint density at radius 2 is 0.929 bits per heavy atom. The Balaban J connectivity index is 1.77. The summed E-state index contributed by atoms with van der Waals surface area (Å²) >= 11 is 0. The van der Waals surface area contributed by atoms with Gasteiger partial charge in [-0.3, -0.25) is 9.59 Å². The molecule has 4 unspecified atom stereocenters. The van der Waals surface area contributed by atoms with Gasteiger partial charge in [0.05, 0.1) is 19.8 Å². The number of hydrogen-bond acceptors (Lipinski definition) is 15. The average molecular weight is 999 g/mol. The normalized spacial score (nSPS) is 25.4. The molecule has 15 nitrogen and oxygen atoms in total. The first-order valence-corrected chi connectivity index (χ1v) is 27.5. The first-order valence-electron chi connectivity index (χ1n) is 27.5. The lowest BCUT2D eigenvalue weighted by Crippen LogP contribution is -2.61. The monoisotopic (exact) mass is 999 g/mol. The third-order valence-electron chi connectivity index (χ3n) is 13.2. The summed E-state index contributed by atoms with van der Waals surface area (Å²) < 4.78 is 33.6. The molecule has 0 spiro atoms. The van der Waals surface area contributed by atoms with E-state index < -0.39 is 92.7 Å². The number of hydrogen-bond donors (Lipinski definition) is 7. The van der Waals surface area contributed by atoms with Crippen molar-refractivity contribution >= 4 is 11.9 Å². The summed E-state index contributed by atoms with van der Waals surface area (Å²) in [6.45, 7) is 4.12. The zero-order chi connectivity index (χ0) is 51.0. The Kier molecular flexibility index (Phi) is 38.4. The molecule has 70 heavy (non-hydrogen) atoms. The van der Waals surface area contributed by atoms with Gasteiger partial charge in [-0.1, -0.05) is 166 Å². The second-order valence-electron chi connectivity index (χ2n) is 19.5. The molecule has 0 aromatic heterocycles. The Bertz CT molecular complexity index is 1350. The van der Waals surface area contributed by atoms with Crippen molar-refractivity contribution in [3.8, 4) is 0 Å². The first kappa shape index (κ1) is 63.8. The van der Waals surface area contributed by atoms with Crippen LogP contribution in [0.3, 0.4) is 0 Å². The molecule has 0 aromatic carbocycles. The molecule has 0 saturated carbocycles. The van der Waals surface area contributed by atoms with Gasteiger partial charge in [0.1, 0.15) is 55.4 Å². The average Bonchev–Trinajstić information content (AvgIpc) is 3.35. The third kappa shape index (κ3) is 29.4. The van der Waals surface area contributed by atoms with Crippen LogP contribution in [-0.4, -0.2) is 142 Å². The molecular formula is C55H98O15. The number of rotatable bonds is 44.